The predicted molar refractivity (Wildman–Crippen MR) is 86.9 cm³/mol. The molecule has 0 aliphatic carbocycles. The van der Waals surface area contributed by atoms with Gasteiger partial charge in [-0.2, -0.15) is 0 Å². The van der Waals surface area contributed by atoms with Crippen LogP contribution in [0.15, 0.2) is 65.1 Å². The molecular weight excluding hydrogens is 312 g/mol. The zero-order chi connectivity index (χ0) is 14.1. The molecule has 0 radical (unpaired) electrons. The molecule has 0 aliphatic rings. The highest BCUT2D eigenvalue weighted by Crippen LogP contribution is 2.30. The molecular formula is C18H15BrO. The molecule has 1 nitrogen and oxygen atoms in total. The van der Waals surface area contributed by atoms with E-state index in [1.54, 1.807) is 0 Å². The van der Waals surface area contributed by atoms with Gasteiger partial charge < -0.3 is 5.11 Å². The Kier molecular flexibility index (Phi) is 3.60. The van der Waals surface area contributed by atoms with Gasteiger partial charge in [-0.3, -0.25) is 0 Å². The minimum atomic E-state index is -0.604. The van der Waals surface area contributed by atoms with Crippen LogP contribution in [0, 0.1) is 6.92 Å². The summed E-state index contributed by atoms with van der Waals surface area (Å²) in [6.07, 6.45) is -0.604. The lowest BCUT2D eigenvalue weighted by Crippen LogP contribution is -2.01. The Labute approximate surface area is 127 Å². The van der Waals surface area contributed by atoms with Crippen LogP contribution < -0.4 is 0 Å². The van der Waals surface area contributed by atoms with Crippen molar-refractivity contribution in [3.05, 3.63) is 81.8 Å². The van der Waals surface area contributed by atoms with Crippen molar-refractivity contribution in [1.29, 1.82) is 0 Å². The fourth-order valence-corrected chi connectivity index (χ4v) is 2.75. The second kappa shape index (κ2) is 5.39. The summed E-state index contributed by atoms with van der Waals surface area (Å²) in [5.74, 6) is 0. The summed E-state index contributed by atoms with van der Waals surface area (Å²) in [6, 6.07) is 20.2. The van der Waals surface area contributed by atoms with Gasteiger partial charge in [-0.25, -0.2) is 0 Å². The van der Waals surface area contributed by atoms with Gasteiger partial charge >= 0.3 is 0 Å². The molecule has 0 saturated heterocycles. The number of benzene rings is 3. The SMILES string of the molecule is Cc1cc(C(O)c2cccc3ccccc23)ccc1Br. The van der Waals surface area contributed by atoms with Crippen LogP contribution in [0.2, 0.25) is 0 Å². The van der Waals surface area contributed by atoms with Crippen molar-refractivity contribution in [2.45, 2.75) is 13.0 Å². The van der Waals surface area contributed by atoms with Crippen molar-refractivity contribution in [2.24, 2.45) is 0 Å². The van der Waals surface area contributed by atoms with Crippen molar-refractivity contribution in [3.8, 4) is 0 Å². The third-order valence-electron chi connectivity index (χ3n) is 3.62. The summed E-state index contributed by atoms with van der Waals surface area (Å²) in [7, 11) is 0. The number of aryl methyl sites for hydroxylation is 1. The molecule has 0 spiro atoms. The van der Waals surface area contributed by atoms with E-state index in [2.05, 4.69) is 34.1 Å². The van der Waals surface area contributed by atoms with Gasteiger partial charge in [0.2, 0.25) is 0 Å². The number of aliphatic hydroxyl groups excluding tert-OH is 1. The third-order valence-corrected chi connectivity index (χ3v) is 4.51. The molecule has 0 fully saturated rings. The van der Waals surface area contributed by atoms with Crippen LogP contribution in [0.3, 0.4) is 0 Å². The number of aliphatic hydroxyl groups is 1. The van der Waals surface area contributed by atoms with Gasteiger partial charge in [-0.15, -0.1) is 0 Å². The second-order valence-corrected chi connectivity index (χ2v) is 5.83. The van der Waals surface area contributed by atoms with Crippen LogP contribution in [0.5, 0.6) is 0 Å². The molecule has 100 valence electrons. The van der Waals surface area contributed by atoms with Crippen molar-refractivity contribution < 1.29 is 5.11 Å². The number of rotatable bonds is 2. The lowest BCUT2D eigenvalue weighted by molar-refractivity contribution is 0.222. The predicted octanol–water partition coefficient (Wildman–Crippen LogP) is 4.99. The van der Waals surface area contributed by atoms with Gasteiger partial charge in [0.25, 0.3) is 0 Å². The van der Waals surface area contributed by atoms with Crippen molar-refractivity contribution >= 4 is 26.7 Å². The van der Waals surface area contributed by atoms with Gasteiger partial charge in [0.05, 0.1) is 0 Å². The molecule has 3 rings (SSSR count). The Balaban J connectivity index is 2.12. The van der Waals surface area contributed by atoms with Crippen molar-refractivity contribution in [3.63, 3.8) is 0 Å². The first-order chi connectivity index (χ1) is 9.66. The molecule has 1 atom stereocenters. The van der Waals surface area contributed by atoms with E-state index in [0.717, 1.165) is 31.9 Å². The normalized spacial score (nSPS) is 12.6. The van der Waals surface area contributed by atoms with Gasteiger partial charge in [0, 0.05) is 4.47 Å². The fraction of sp³-hybridized carbons (Fsp3) is 0.111. The van der Waals surface area contributed by atoms with Gasteiger partial charge in [0.1, 0.15) is 6.10 Å². The standard InChI is InChI=1S/C18H15BrO/c1-12-11-14(9-10-17(12)19)18(20)16-8-4-6-13-5-2-3-7-15(13)16/h2-11,18,20H,1H3. The molecule has 1 unspecified atom stereocenters. The van der Waals surface area contributed by atoms with Gasteiger partial charge in [-0.05, 0) is 40.5 Å². The first-order valence-corrected chi connectivity index (χ1v) is 7.38. The molecule has 0 aromatic heterocycles. The van der Waals surface area contributed by atoms with E-state index in [4.69, 9.17) is 0 Å². The average molecular weight is 327 g/mol. The summed E-state index contributed by atoms with van der Waals surface area (Å²) in [5, 5.41) is 12.9. The van der Waals surface area contributed by atoms with Crippen LogP contribution in [0.1, 0.15) is 22.8 Å². The van der Waals surface area contributed by atoms with E-state index < -0.39 is 6.10 Å². The summed E-state index contributed by atoms with van der Waals surface area (Å²) in [6.45, 7) is 2.03. The maximum atomic E-state index is 10.7. The number of halogens is 1. The second-order valence-electron chi connectivity index (χ2n) is 4.98. The van der Waals surface area contributed by atoms with E-state index >= 15 is 0 Å². The first-order valence-electron chi connectivity index (χ1n) is 6.58. The highest BCUT2D eigenvalue weighted by atomic mass is 79.9. The molecule has 0 bridgehead atoms. The summed E-state index contributed by atoms with van der Waals surface area (Å²) >= 11 is 3.49. The number of hydrogen-bond donors (Lipinski definition) is 1. The van der Waals surface area contributed by atoms with Crippen molar-refractivity contribution in [1.82, 2.24) is 0 Å². The lowest BCUT2D eigenvalue weighted by atomic mass is 9.95. The third kappa shape index (κ3) is 2.37. The van der Waals surface area contributed by atoms with E-state index in [1.807, 2.05) is 49.4 Å². The molecule has 1 N–H and O–H groups in total. The molecule has 0 aliphatic heterocycles. The molecule has 0 heterocycles. The molecule has 0 saturated carbocycles. The Morgan fingerprint density at radius 3 is 2.50 bits per heavy atom. The fourth-order valence-electron chi connectivity index (χ4n) is 2.51. The summed E-state index contributed by atoms with van der Waals surface area (Å²) in [5.41, 5.74) is 2.99. The highest BCUT2D eigenvalue weighted by Gasteiger charge is 2.13. The molecule has 3 aromatic carbocycles. The van der Waals surface area contributed by atoms with Crippen LogP contribution in [0.4, 0.5) is 0 Å². The minimum Gasteiger partial charge on any atom is -0.384 e. The Bertz CT molecular complexity index is 759. The molecule has 0 amide bonds. The van der Waals surface area contributed by atoms with E-state index in [9.17, 15) is 5.11 Å². The van der Waals surface area contributed by atoms with Crippen LogP contribution in [-0.2, 0) is 0 Å². The average Bonchev–Trinajstić information content (AvgIpc) is 2.49. The Morgan fingerprint density at radius 1 is 0.950 bits per heavy atom. The highest BCUT2D eigenvalue weighted by molar-refractivity contribution is 9.10. The lowest BCUT2D eigenvalue weighted by Gasteiger charge is -2.15. The van der Waals surface area contributed by atoms with Crippen LogP contribution >= 0.6 is 15.9 Å². The number of hydrogen-bond acceptors (Lipinski definition) is 1. The van der Waals surface area contributed by atoms with Crippen LogP contribution in [-0.4, -0.2) is 5.11 Å². The van der Waals surface area contributed by atoms with Gasteiger partial charge in [0.15, 0.2) is 0 Å². The molecule has 3 aromatic rings. The Hall–Kier alpha value is -1.64. The smallest absolute Gasteiger partial charge is 0.105 e. The van der Waals surface area contributed by atoms with Crippen LogP contribution in [0.25, 0.3) is 10.8 Å². The monoisotopic (exact) mass is 326 g/mol. The maximum Gasteiger partial charge on any atom is 0.105 e. The largest absolute Gasteiger partial charge is 0.384 e. The van der Waals surface area contributed by atoms with Gasteiger partial charge in [-0.1, -0.05) is 70.5 Å². The summed E-state index contributed by atoms with van der Waals surface area (Å²) in [4.78, 5) is 0. The van der Waals surface area contributed by atoms with E-state index in [0.29, 0.717) is 0 Å². The first kappa shape index (κ1) is 13.3. The Morgan fingerprint density at radius 2 is 1.70 bits per heavy atom. The zero-order valence-corrected chi connectivity index (χ0v) is 12.8. The summed E-state index contributed by atoms with van der Waals surface area (Å²) < 4.78 is 1.06. The quantitative estimate of drug-likeness (QED) is 0.703. The molecule has 20 heavy (non-hydrogen) atoms. The topological polar surface area (TPSA) is 20.2 Å². The minimum absolute atomic E-state index is 0.604. The zero-order valence-electron chi connectivity index (χ0n) is 11.2. The number of fused-ring (bicyclic) bond motifs is 1. The molecule has 2 heteroatoms. The van der Waals surface area contributed by atoms with Crippen molar-refractivity contribution in [2.75, 3.05) is 0 Å². The maximum absolute atomic E-state index is 10.7. The van der Waals surface area contributed by atoms with E-state index in [-0.39, 0.29) is 0 Å². The van der Waals surface area contributed by atoms with E-state index in [1.165, 1.54) is 0 Å².